The predicted octanol–water partition coefficient (Wildman–Crippen LogP) is 10.4. The van der Waals surface area contributed by atoms with Crippen LogP contribution in [0.25, 0.3) is 11.0 Å². The number of nitrogens with zero attached hydrogens (tertiary/aromatic N) is 6. The molecule has 7 aliphatic rings. The van der Waals surface area contributed by atoms with E-state index >= 15 is 0 Å². The Kier molecular flexibility index (Phi) is 15.4. The zero-order chi connectivity index (χ0) is 58.9. The molecule has 1 saturated carbocycles. The fourth-order valence-corrected chi connectivity index (χ4v) is 15.6. The Morgan fingerprint density at radius 2 is 1.67 bits per heavy atom. The van der Waals surface area contributed by atoms with E-state index in [1.165, 1.54) is 18.2 Å². The van der Waals surface area contributed by atoms with Crippen molar-refractivity contribution in [1.82, 2.24) is 24.5 Å². The average Bonchev–Trinajstić information content (AvgIpc) is 1.92. The Hall–Kier alpha value is -7.11. The number of pyridine rings is 1. The fraction of sp³-hybridized carbons (Fsp3) is 0.492. The Morgan fingerprint density at radius 1 is 0.882 bits per heavy atom. The molecule has 0 bridgehead atoms. The maximum Gasteiger partial charge on any atom is 0.297 e. The molecule has 3 N–H and O–H groups in total. The van der Waals surface area contributed by atoms with Gasteiger partial charge in [-0.15, -0.1) is 0 Å². The lowest BCUT2D eigenvalue weighted by atomic mass is 9.59. The Labute approximate surface area is 493 Å². The molecule has 4 saturated heterocycles. The molecule has 4 aromatic carbocycles. The molecule has 5 fully saturated rings. The number of piperazine rings is 1. The van der Waals surface area contributed by atoms with Gasteiger partial charge >= 0.3 is 0 Å². The molecule has 450 valence electrons. The summed E-state index contributed by atoms with van der Waals surface area (Å²) in [6, 6.07) is 23.8. The van der Waals surface area contributed by atoms with Crippen LogP contribution in [0.3, 0.4) is 0 Å². The molecule has 22 heteroatoms. The van der Waals surface area contributed by atoms with Gasteiger partial charge in [-0.05, 0) is 130 Å². The topological polar surface area (TPSA) is 206 Å². The van der Waals surface area contributed by atoms with Crippen molar-refractivity contribution in [1.29, 1.82) is 0 Å². The number of aromatic nitrogens is 2. The number of nitrogens with one attached hydrogen (secondary N) is 3. The first-order chi connectivity index (χ1) is 41.0. The number of amides is 1. The first-order valence-electron chi connectivity index (χ1n) is 30.0. The molecule has 1 amide bonds. The molecule has 19 nitrogen and oxygen atoms in total. The number of benzene rings is 4. The number of carbonyl (C=O) groups is 1. The van der Waals surface area contributed by atoms with Crippen LogP contribution in [-0.2, 0) is 19.5 Å². The number of H-pyrrole nitrogens is 1. The van der Waals surface area contributed by atoms with Gasteiger partial charge in [0.05, 0.1) is 51.9 Å². The number of halogens is 2. The minimum Gasteiger partial charge on any atom is -0.491 e. The minimum atomic E-state index is -4.74. The number of sulfonamides is 1. The molecule has 6 aliphatic heterocycles. The van der Waals surface area contributed by atoms with E-state index in [-0.39, 0.29) is 77.7 Å². The van der Waals surface area contributed by atoms with Crippen molar-refractivity contribution in [2.45, 2.75) is 120 Å². The van der Waals surface area contributed by atoms with Crippen molar-refractivity contribution in [2.24, 2.45) is 17.3 Å². The van der Waals surface area contributed by atoms with Gasteiger partial charge in [0.1, 0.15) is 29.8 Å². The number of aromatic amines is 1. The van der Waals surface area contributed by atoms with Gasteiger partial charge < -0.3 is 43.8 Å². The Morgan fingerprint density at radius 3 is 2.44 bits per heavy atom. The van der Waals surface area contributed by atoms with Crippen LogP contribution >= 0.6 is 0 Å². The number of hydrogen-bond donors (Lipinski definition) is 3. The second-order valence-electron chi connectivity index (χ2n) is 24.8. The molecular formula is C63H73F2N9O10S. The maximum absolute atomic E-state index is 15.0. The first kappa shape index (κ1) is 57.0. The van der Waals surface area contributed by atoms with Crippen LogP contribution in [0.2, 0.25) is 0 Å². The van der Waals surface area contributed by atoms with Crippen LogP contribution in [0, 0.1) is 39.0 Å². The maximum atomic E-state index is 15.0. The van der Waals surface area contributed by atoms with Gasteiger partial charge in [-0.25, -0.2) is 21.9 Å². The summed E-state index contributed by atoms with van der Waals surface area (Å²) >= 11 is 0. The highest BCUT2D eigenvalue weighted by atomic mass is 32.2. The number of carbonyl (C=O) groups excluding carboxylic acids is 1. The van der Waals surface area contributed by atoms with Gasteiger partial charge in [0.2, 0.25) is 5.88 Å². The van der Waals surface area contributed by atoms with Crippen molar-refractivity contribution in [3.63, 3.8) is 0 Å². The summed E-state index contributed by atoms with van der Waals surface area (Å²) in [4.78, 5) is 44.0. The number of nitro benzene ring substituents is 1. The van der Waals surface area contributed by atoms with Crippen LogP contribution in [0.15, 0.2) is 96.0 Å². The van der Waals surface area contributed by atoms with Crippen LogP contribution in [0.5, 0.6) is 17.4 Å². The number of ether oxygens (including phenoxy) is 5. The number of rotatable bonds is 14. The minimum absolute atomic E-state index is 0.00892. The monoisotopic (exact) mass is 1190 g/mol. The molecule has 1 aliphatic carbocycles. The molecule has 6 aromatic rings. The summed E-state index contributed by atoms with van der Waals surface area (Å²) in [7, 11) is -4.74. The van der Waals surface area contributed by atoms with Crippen molar-refractivity contribution >= 4 is 55.4 Å². The van der Waals surface area contributed by atoms with E-state index in [9.17, 15) is 32.1 Å². The van der Waals surface area contributed by atoms with E-state index < -0.39 is 49.2 Å². The van der Waals surface area contributed by atoms with Gasteiger partial charge in [0.15, 0.2) is 23.1 Å². The standard InChI is InChI=1S/C63H73F2N9O10S/c1-37(2)59(40-9-12-47(64)48(65)27-40)71-22-23-72(54(34-71)45-7-5-6-8-55(45)83-38(3)4)43-32-63(33-43)17-20-70(21-18-63)42-10-11-46(51(29-42)73-50-16-26-81-36-57(50)84-62-53(73)28-41-13-19-66-60(41)68-62)61(75)69-85(78,79)44-30-52(74(76)77)58-56(31-44)82-35-49(67-58)39-14-24-80-25-15-39/h5-13,19,27-31,37-39,43,49-50,54,57,59,67H,14-18,20-26,32-36H2,1-4H3,(H,66,68)(H,69,75)/t49-,50-,54-,57-,59?/m0/s1. The molecule has 8 heterocycles. The van der Waals surface area contributed by atoms with Crippen molar-refractivity contribution in [2.75, 3.05) is 80.9 Å². The Balaban J connectivity index is 0.779. The van der Waals surface area contributed by atoms with E-state index in [2.05, 4.69) is 60.6 Å². The number of fused-ring (bicyclic) bond motifs is 4. The lowest BCUT2D eigenvalue weighted by Crippen LogP contribution is -2.60. The molecule has 1 spiro atoms. The third-order valence-corrected chi connectivity index (χ3v) is 20.2. The lowest BCUT2D eigenvalue weighted by molar-refractivity contribution is -0.384. The number of nitro groups is 1. The summed E-state index contributed by atoms with van der Waals surface area (Å²) in [5, 5.41) is 16.7. The van der Waals surface area contributed by atoms with Gasteiger partial charge in [-0.1, -0.05) is 38.1 Å². The normalized spacial score (nSPS) is 23.3. The van der Waals surface area contributed by atoms with Gasteiger partial charge in [-0.3, -0.25) is 24.7 Å². The number of hydrogen-bond acceptors (Lipinski definition) is 16. The third-order valence-electron chi connectivity index (χ3n) is 18.9. The lowest BCUT2D eigenvalue weighted by Gasteiger charge is -2.59. The fourth-order valence-electron chi connectivity index (χ4n) is 14.6. The zero-order valence-electron chi connectivity index (χ0n) is 48.3. The third kappa shape index (κ3) is 11.0. The van der Waals surface area contributed by atoms with Crippen LogP contribution in [-0.4, -0.2) is 135 Å². The molecule has 1 unspecified atom stereocenters. The van der Waals surface area contributed by atoms with E-state index in [4.69, 9.17) is 28.7 Å². The number of para-hydroxylation sites is 1. The molecular weight excluding hydrogens is 1110 g/mol. The smallest absolute Gasteiger partial charge is 0.297 e. The van der Waals surface area contributed by atoms with E-state index in [0.717, 1.165) is 98.7 Å². The summed E-state index contributed by atoms with van der Waals surface area (Å²) in [6.07, 6.45) is 7.23. The van der Waals surface area contributed by atoms with Crippen molar-refractivity contribution < 1.29 is 50.6 Å². The summed E-state index contributed by atoms with van der Waals surface area (Å²) in [6.45, 7) is 14.1. The average molecular weight is 1190 g/mol. The van der Waals surface area contributed by atoms with Crippen LogP contribution in [0.1, 0.15) is 106 Å². The van der Waals surface area contributed by atoms with E-state index in [1.807, 2.05) is 50.2 Å². The number of piperidine rings is 1. The summed E-state index contributed by atoms with van der Waals surface area (Å²) in [5.74, 6) is -1.13. The second kappa shape index (κ2) is 23.0. The highest BCUT2D eigenvalue weighted by molar-refractivity contribution is 7.90. The van der Waals surface area contributed by atoms with E-state index in [0.29, 0.717) is 61.7 Å². The molecule has 13 rings (SSSR count). The highest BCUT2D eigenvalue weighted by Crippen LogP contribution is 2.55. The molecule has 5 atom stereocenters. The quantitative estimate of drug-likeness (QED) is 0.0685. The SMILES string of the molecule is CC(C)Oc1ccccc1[C@@H]1CN(C(c2ccc(F)c(F)c2)C(C)C)CCN1C1CC2(CCN(c3ccc(C(=O)NS(=O)(=O)c4cc5c(c([N+](=O)[O-])c4)N[C@H](C4CCOCC4)CO5)c(N4c5cc6cc[nH]c6nc5O[C@H]5COCC[C@@H]54)c3)CC2)C1. The van der Waals surface area contributed by atoms with Crippen molar-refractivity contribution in [3.8, 4) is 17.4 Å². The zero-order valence-corrected chi connectivity index (χ0v) is 49.1. The van der Waals surface area contributed by atoms with Gasteiger partial charge in [0.25, 0.3) is 21.6 Å². The Bertz CT molecular complexity index is 3620. The highest BCUT2D eigenvalue weighted by Gasteiger charge is 2.51. The van der Waals surface area contributed by atoms with Gasteiger partial charge in [0, 0.05) is 99.6 Å². The molecule has 0 radical (unpaired) electrons. The van der Waals surface area contributed by atoms with Crippen LogP contribution < -0.4 is 34.0 Å². The molecule has 2 aromatic heterocycles. The summed E-state index contributed by atoms with van der Waals surface area (Å²) in [5.41, 5.74) is 4.21. The second-order valence-corrected chi connectivity index (χ2v) is 26.5. The van der Waals surface area contributed by atoms with E-state index in [1.54, 1.807) is 18.3 Å². The molecule has 85 heavy (non-hydrogen) atoms. The number of anilines is 4. The summed E-state index contributed by atoms with van der Waals surface area (Å²) < 4.78 is 90.9. The van der Waals surface area contributed by atoms with Gasteiger partial charge in [-0.2, -0.15) is 4.98 Å². The predicted molar refractivity (Wildman–Crippen MR) is 317 cm³/mol. The first-order valence-corrected chi connectivity index (χ1v) is 31.5. The van der Waals surface area contributed by atoms with Crippen molar-refractivity contribution in [3.05, 3.63) is 130 Å². The van der Waals surface area contributed by atoms with Crippen LogP contribution in [0.4, 0.5) is 37.2 Å². The largest absolute Gasteiger partial charge is 0.491 e.